The van der Waals surface area contributed by atoms with Gasteiger partial charge < -0.3 is 10.1 Å². The number of carbonyl (C=O) groups is 1. The summed E-state index contributed by atoms with van der Waals surface area (Å²) < 4.78 is 32.1. The molecule has 1 heterocycles. The van der Waals surface area contributed by atoms with Crippen molar-refractivity contribution in [2.24, 2.45) is 0 Å². The first-order valence-electron chi connectivity index (χ1n) is 6.63. The highest BCUT2D eigenvalue weighted by atomic mass is 79.9. The van der Waals surface area contributed by atoms with Crippen molar-refractivity contribution in [3.05, 3.63) is 28.2 Å². The molecule has 0 atom stereocenters. The summed E-state index contributed by atoms with van der Waals surface area (Å²) in [6, 6.07) is 4.41. The standard InChI is InChI=1S/C13H17BrN2O4S/c1-2-20-13(17)10-7-11(14)9-12(8-10)21(18,19)16-5-3-15-4-6-16/h7-9,15H,2-6H2,1H3. The van der Waals surface area contributed by atoms with Gasteiger partial charge in [-0.05, 0) is 25.1 Å². The molecule has 1 aliphatic rings. The Labute approximate surface area is 132 Å². The van der Waals surface area contributed by atoms with Crippen LogP contribution in [-0.4, -0.2) is 51.5 Å². The summed E-state index contributed by atoms with van der Waals surface area (Å²) in [5.41, 5.74) is 0.222. The molecule has 1 N–H and O–H groups in total. The molecule has 116 valence electrons. The fourth-order valence-corrected chi connectivity index (χ4v) is 4.24. The van der Waals surface area contributed by atoms with Gasteiger partial charge >= 0.3 is 5.97 Å². The average molecular weight is 377 g/mol. The molecular weight excluding hydrogens is 360 g/mol. The maximum atomic E-state index is 12.6. The highest BCUT2D eigenvalue weighted by Crippen LogP contribution is 2.23. The number of ether oxygens (including phenoxy) is 1. The third kappa shape index (κ3) is 3.82. The molecule has 0 amide bonds. The van der Waals surface area contributed by atoms with Crippen LogP contribution in [0.4, 0.5) is 0 Å². The van der Waals surface area contributed by atoms with Gasteiger partial charge in [0.05, 0.1) is 17.1 Å². The minimum absolute atomic E-state index is 0.0989. The largest absolute Gasteiger partial charge is 0.462 e. The van der Waals surface area contributed by atoms with E-state index >= 15 is 0 Å². The first-order chi connectivity index (χ1) is 9.95. The number of hydrogen-bond acceptors (Lipinski definition) is 5. The van der Waals surface area contributed by atoms with E-state index in [9.17, 15) is 13.2 Å². The van der Waals surface area contributed by atoms with Crippen molar-refractivity contribution in [3.8, 4) is 0 Å². The Kier molecular flexibility index (Phi) is 5.37. The van der Waals surface area contributed by atoms with Crippen LogP contribution in [0.25, 0.3) is 0 Å². The summed E-state index contributed by atoms with van der Waals surface area (Å²) in [4.78, 5) is 11.9. The van der Waals surface area contributed by atoms with E-state index in [0.717, 1.165) is 0 Å². The zero-order chi connectivity index (χ0) is 15.5. The fraction of sp³-hybridized carbons (Fsp3) is 0.462. The van der Waals surface area contributed by atoms with Crippen LogP contribution in [0.2, 0.25) is 0 Å². The number of nitrogens with one attached hydrogen (secondary N) is 1. The third-order valence-corrected chi connectivity index (χ3v) is 5.43. The zero-order valence-corrected chi connectivity index (χ0v) is 14.0. The number of halogens is 1. The number of benzene rings is 1. The van der Waals surface area contributed by atoms with Gasteiger partial charge in [0, 0.05) is 30.7 Å². The van der Waals surface area contributed by atoms with E-state index in [1.807, 2.05) is 0 Å². The van der Waals surface area contributed by atoms with Gasteiger partial charge in [-0.25, -0.2) is 13.2 Å². The van der Waals surface area contributed by atoms with Crippen molar-refractivity contribution >= 4 is 31.9 Å². The lowest BCUT2D eigenvalue weighted by atomic mass is 10.2. The number of carbonyl (C=O) groups excluding carboxylic acids is 1. The molecule has 1 aromatic carbocycles. The number of rotatable bonds is 4. The first kappa shape index (κ1) is 16.4. The van der Waals surface area contributed by atoms with Crippen LogP contribution in [0.3, 0.4) is 0 Å². The molecular formula is C13H17BrN2O4S. The summed E-state index contributed by atoms with van der Waals surface area (Å²) in [6.07, 6.45) is 0. The Morgan fingerprint density at radius 3 is 2.62 bits per heavy atom. The lowest BCUT2D eigenvalue weighted by Crippen LogP contribution is -2.46. The van der Waals surface area contributed by atoms with E-state index < -0.39 is 16.0 Å². The molecule has 1 aromatic rings. The first-order valence-corrected chi connectivity index (χ1v) is 8.87. The summed E-state index contributed by atoms with van der Waals surface area (Å²) in [6.45, 7) is 4.03. The number of esters is 1. The van der Waals surface area contributed by atoms with Crippen LogP contribution in [0, 0.1) is 0 Å². The van der Waals surface area contributed by atoms with Crippen LogP contribution in [0.15, 0.2) is 27.6 Å². The summed E-state index contributed by atoms with van der Waals surface area (Å²) in [7, 11) is -3.60. The molecule has 8 heteroatoms. The maximum Gasteiger partial charge on any atom is 0.338 e. The van der Waals surface area contributed by atoms with Gasteiger partial charge in [0.2, 0.25) is 10.0 Å². The second-order valence-electron chi connectivity index (χ2n) is 4.55. The molecule has 1 fully saturated rings. The third-order valence-electron chi connectivity index (χ3n) is 3.10. The summed E-state index contributed by atoms with van der Waals surface area (Å²) in [5, 5.41) is 3.11. The van der Waals surface area contributed by atoms with Gasteiger partial charge in [-0.3, -0.25) is 0 Å². The van der Waals surface area contributed by atoms with E-state index in [-0.39, 0.29) is 17.1 Å². The van der Waals surface area contributed by atoms with Crippen LogP contribution < -0.4 is 5.32 Å². The van der Waals surface area contributed by atoms with Crippen molar-refractivity contribution in [2.75, 3.05) is 32.8 Å². The molecule has 0 aliphatic carbocycles. The van der Waals surface area contributed by atoms with Gasteiger partial charge in [0.15, 0.2) is 0 Å². The molecule has 6 nitrogen and oxygen atoms in total. The quantitative estimate of drug-likeness (QED) is 0.799. The number of hydrogen-bond donors (Lipinski definition) is 1. The minimum Gasteiger partial charge on any atom is -0.462 e. The van der Waals surface area contributed by atoms with Gasteiger partial charge in [-0.15, -0.1) is 0 Å². The number of sulfonamides is 1. The van der Waals surface area contributed by atoms with E-state index in [1.165, 1.54) is 16.4 Å². The highest BCUT2D eigenvalue weighted by molar-refractivity contribution is 9.10. The Morgan fingerprint density at radius 2 is 2.00 bits per heavy atom. The SMILES string of the molecule is CCOC(=O)c1cc(Br)cc(S(=O)(=O)N2CCNCC2)c1. The molecule has 1 aliphatic heterocycles. The van der Waals surface area contributed by atoms with Crippen molar-refractivity contribution in [1.82, 2.24) is 9.62 Å². The maximum absolute atomic E-state index is 12.6. The molecule has 0 unspecified atom stereocenters. The topological polar surface area (TPSA) is 75.7 Å². The van der Waals surface area contributed by atoms with Gasteiger partial charge in [-0.1, -0.05) is 15.9 Å². The normalized spacial score (nSPS) is 16.7. The smallest absolute Gasteiger partial charge is 0.338 e. The number of nitrogens with zero attached hydrogens (tertiary/aromatic N) is 1. The van der Waals surface area contributed by atoms with Gasteiger partial charge in [0.25, 0.3) is 0 Å². The second-order valence-corrected chi connectivity index (χ2v) is 7.40. The fourth-order valence-electron chi connectivity index (χ4n) is 2.08. The van der Waals surface area contributed by atoms with Crippen molar-refractivity contribution in [3.63, 3.8) is 0 Å². The monoisotopic (exact) mass is 376 g/mol. The van der Waals surface area contributed by atoms with Crippen LogP contribution in [-0.2, 0) is 14.8 Å². The predicted molar refractivity (Wildman–Crippen MR) is 81.7 cm³/mol. The van der Waals surface area contributed by atoms with E-state index in [2.05, 4.69) is 21.2 Å². The molecule has 0 saturated carbocycles. The molecule has 2 rings (SSSR count). The van der Waals surface area contributed by atoms with Crippen LogP contribution in [0.5, 0.6) is 0 Å². The molecule has 0 radical (unpaired) electrons. The van der Waals surface area contributed by atoms with Crippen molar-refractivity contribution in [2.45, 2.75) is 11.8 Å². The Hall–Kier alpha value is -0.960. The zero-order valence-electron chi connectivity index (χ0n) is 11.6. The van der Waals surface area contributed by atoms with Crippen LogP contribution in [0.1, 0.15) is 17.3 Å². The lowest BCUT2D eigenvalue weighted by molar-refractivity contribution is 0.0526. The highest BCUT2D eigenvalue weighted by Gasteiger charge is 2.27. The minimum atomic E-state index is -3.60. The van der Waals surface area contributed by atoms with Gasteiger partial charge in [-0.2, -0.15) is 4.31 Å². The Balaban J connectivity index is 2.36. The molecule has 0 spiro atoms. The summed E-state index contributed by atoms with van der Waals surface area (Å²) >= 11 is 3.25. The van der Waals surface area contributed by atoms with E-state index in [0.29, 0.717) is 30.7 Å². The average Bonchev–Trinajstić information content (AvgIpc) is 2.47. The van der Waals surface area contributed by atoms with E-state index in [1.54, 1.807) is 13.0 Å². The summed E-state index contributed by atoms with van der Waals surface area (Å²) in [5.74, 6) is -0.532. The predicted octanol–water partition coefficient (Wildman–Crippen LogP) is 1.22. The Morgan fingerprint density at radius 1 is 1.33 bits per heavy atom. The molecule has 0 aromatic heterocycles. The van der Waals surface area contributed by atoms with Gasteiger partial charge in [0.1, 0.15) is 0 Å². The van der Waals surface area contributed by atoms with Crippen LogP contribution >= 0.6 is 15.9 Å². The molecule has 1 saturated heterocycles. The molecule has 0 bridgehead atoms. The Bertz CT molecular complexity index is 627. The molecule has 21 heavy (non-hydrogen) atoms. The van der Waals surface area contributed by atoms with E-state index in [4.69, 9.17) is 4.74 Å². The second kappa shape index (κ2) is 6.87. The number of piperazine rings is 1. The lowest BCUT2D eigenvalue weighted by Gasteiger charge is -2.26. The van der Waals surface area contributed by atoms with Crippen molar-refractivity contribution in [1.29, 1.82) is 0 Å². The van der Waals surface area contributed by atoms with Crippen molar-refractivity contribution < 1.29 is 17.9 Å².